The van der Waals surface area contributed by atoms with E-state index in [0.717, 1.165) is 20.9 Å². The van der Waals surface area contributed by atoms with Crippen LogP contribution in [0.1, 0.15) is 15.2 Å². The predicted octanol–water partition coefficient (Wildman–Crippen LogP) is 3.93. The monoisotopic (exact) mass is 338 g/mol. The van der Waals surface area contributed by atoms with Gasteiger partial charge in [-0.3, -0.25) is 9.20 Å². The highest BCUT2D eigenvalue weighted by atomic mass is 32.1. The average molecular weight is 338 g/mol. The maximum absolute atomic E-state index is 12.4. The Hall–Kier alpha value is -2.69. The number of carbonyl (C=O) groups is 1. The lowest BCUT2D eigenvalue weighted by Gasteiger charge is -2.03. The Kier molecular flexibility index (Phi) is 3.33. The van der Waals surface area contributed by atoms with Gasteiger partial charge in [0, 0.05) is 17.3 Å². The predicted molar refractivity (Wildman–Crippen MR) is 92.2 cm³/mol. The van der Waals surface area contributed by atoms with Crippen LogP contribution >= 0.6 is 22.7 Å². The molecule has 4 aromatic rings. The first-order valence-corrected chi connectivity index (χ1v) is 8.56. The minimum absolute atomic E-state index is 0.148. The van der Waals surface area contributed by atoms with Crippen LogP contribution in [-0.4, -0.2) is 15.3 Å². The van der Waals surface area contributed by atoms with Gasteiger partial charge in [-0.25, -0.2) is 4.98 Å². The molecule has 7 heteroatoms. The Morgan fingerprint density at radius 1 is 1.35 bits per heavy atom. The Morgan fingerprint density at radius 2 is 2.17 bits per heavy atom. The van der Waals surface area contributed by atoms with Crippen molar-refractivity contribution in [2.75, 3.05) is 5.32 Å². The molecule has 3 aromatic heterocycles. The SMILES string of the molecule is N#CCc1ccc(NC(=O)c2cc3c(nc4sccn43)s2)cc1. The highest BCUT2D eigenvalue weighted by molar-refractivity contribution is 7.21. The molecule has 0 radical (unpaired) electrons. The number of fused-ring (bicyclic) bond motifs is 3. The van der Waals surface area contributed by atoms with Crippen LogP contribution in [0, 0.1) is 11.3 Å². The van der Waals surface area contributed by atoms with Gasteiger partial charge in [-0.05, 0) is 23.8 Å². The van der Waals surface area contributed by atoms with E-state index in [2.05, 4.69) is 16.4 Å². The molecule has 0 aliphatic rings. The van der Waals surface area contributed by atoms with Crippen LogP contribution in [0.2, 0.25) is 0 Å². The summed E-state index contributed by atoms with van der Waals surface area (Å²) in [6, 6.07) is 11.3. The lowest BCUT2D eigenvalue weighted by Crippen LogP contribution is -2.10. The first kappa shape index (κ1) is 13.9. The zero-order valence-electron chi connectivity index (χ0n) is 11.8. The standard InChI is InChI=1S/C16H10N4OS2/c17-6-5-10-1-3-11(4-2-10)18-14(21)13-9-12-15(23-13)19-16-20(12)7-8-22-16/h1-4,7-9H,5H2,(H,18,21). The zero-order chi connectivity index (χ0) is 15.8. The van der Waals surface area contributed by atoms with Gasteiger partial charge < -0.3 is 5.32 Å². The molecule has 5 nitrogen and oxygen atoms in total. The number of amides is 1. The van der Waals surface area contributed by atoms with E-state index in [1.54, 1.807) is 11.3 Å². The zero-order valence-corrected chi connectivity index (χ0v) is 13.4. The molecule has 0 unspecified atom stereocenters. The Morgan fingerprint density at radius 3 is 2.96 bits per heavy atom. The molecular formula is C16H10N4OS2. The molecule has 0 bridgehead atoms. The van der Waals surface area contributed by atoms with Crippen LogP contribution in [0.4, 0.5) is 5.69 Å². The lowest BCUT2D eigenvalue weighted by molar-refractivity contribution is 0.103. The van der Waals surface area contributed by atoms with Crippen molar-refractivity contribution in [3.05, 3.63) is 52.3 Å². The van der Waals surface area contributed by atoms with Crippen LogP contribution in [0.25, 0.3) is 15.3 Å². The van der Waals surface area contributed by atoms with Gasteiger partial charge in [-0.1, -0.05) is 12.1 Å². The number of aromatic nitrogens is 2. The minimum Gasteiger partial charge on any atom is -0.321 e. The Bertz CT molecular complexity index is 1050. The maximum atomic E-state index is 12.4. The third kappa shape index (κ3) is 2.48. The van der Waals surface area contributed by atoms with Crippen LogP contribution in [-0.2, 0) is 6.42 Å². The molecule has 3 heterocycles. The Labute approximate surface area is 139 Å². The van der Waals surface area contributed by atoms with E-state index >= 15 is 0 Å². The largest absolute Gasteiger partial charge is 0.321 e. The first-order chi connectivity index (χ1) is 11.2. The van der Waals surface area contributed by atoms with Gasteiger partial charge in [0.2, 0.25) is 0 Å². The molecule has 0 saturated heterocycles. The number of anilines is 1. The van der Waals surface area contributed by atoms with Crippen molar-refractivity contribution in [3.8, 4) is 6.07 Å². The molecule has 1 amide bonds. The van der Waals surface area contributed by atoms with Crippen molar-refractivity contribution in [2.45, 2.75) is 6.42 Å². The number of hydrogen-bond donors (Lipinski definition) is 1. The maximum Gasteiger partial charge on any atom is 0.265 e. The summed E-state index contributed by atoms with van der Waals surface area (Å²) >= 11 is 2.96. The van der Waals surface area contributed by atoms with Crippen molar-refractivity contribution in [1.82, 2.24) is 9.38 Å². The lowest BCUT2D eigenvalue weighted by atomic mass is 10.1. The number of nitrogens with zero attached hydrogens (tertiary/aromatic N) is 3. The summed E-state index contributed by atoms with van der Waals surface area (Å²) in [7, 11) is 0. The summed E-state index contributed by atoms with van der Waals surface area (Å²) in [5.41, 5.74) is 2.60. The van der Waals surface area contributed by atoms with Gasteiger partial charge in [-0.2, -0.15) is 5.26 Å². The van der Waals surface area contributed by atoms with E-state index in [1.807, 2.05) is 46.3 Å². The summed E-state index contributed by atoms with van der Waals surface area (Å²) < 4.78 is 1.99. The molecule has 0 aliphatic carbocycles. The van der Waals surface area contributed by atoms with Crippen molar-refractivity contribution >= 4 is 49.6 Å². The second kappa shape index (κ2) is 5.50. The quantitative estimate of drug-likeness (QED) is 0.615. The van der Waals surface area contributed by atoms with E-state index in [-0.39, 0.29) is 5.91 Å². The number of benzene rings is 1. The van der Waals surface area contributed by atoms with Gasteiger partial charge >= 0.3 is 0 Å². The molecule has 1 aromatic carbocycles. The van der Waals surface area contributed by atoms with E-state index in [4.69, 9.17) is 5.26 Å². The van der Waals surface area contributed by atoms with Crippen molar-refractivity contribution < 1.29 is 4.79 Å². The fraction of sp³-hybridized carbons (Fsp3) is 0.0625. The number of imidazole rings is 1. The normalized spacial score (nSPS) is 10.9. The summed E-state index contributed by atoms with van der Waals surface area (Å²) in [4.78, 5) is 19.3. The molecule has 0 saturated carbocycles. The van der Waals surface area contributed by atoms with Crippen molar-refractivity contribution in [2.24, 2.45) is 0 Å². The van der Waals surface area contributed by atoms with Crippen LogP contribution in [0.5, 0.6) is 0 Å². The smallest absolute Gasteiger partial charge is 0.265 e. The number of thiazole rings is 1. The van der Waals surface area contributed by atoms with Crippen molar-refractivity contribution in [1.29, 1.82) is 5.26 Å². The highest BCUT2D eigenvalue weighted by Crippen LogP contribution is 2.28. The number of rotatable bonds is 3. The molecule has 0 spiro atoms. The summed E-state index contributed by atoms with van der Waals surface area (Å²) in [6.07, 6.45) is 2.32. The molecular weight excluding hydrogens is 328 g/mol. The number of nitrogens with one attached hydrogen (secondary N) is 1. The fourth-order valence-electron chi connectivity index (χ4n) is 2.35. The van der Waals surface area contributed by atoms with Crippen LogP contribution in [0.3, 0.4) is 0 Å². The molecule has 0 fully saturated rings. The van der Waals surface area contributed by atoms with Gasteiger partial charge in [0.1, 0.15) is 4.83 Å². The third-order valence-corrected chi connectivity index (χ3v) is 5.23. The molecule has 23 heavy (non-hydrogen) atoms. The molecule has 4 rings (SSSR count). The highest BCUT2D eigenvalue weighted by Gasteiger charge is 2.15. The van der Waals surface area contributed by atoms with E-state index in [0.29, 0.717) is 17.0 Å². The topological polar surface area (TPSA) is 70.2 Å². The average Bonchev–Trinajstić information content (AvgIpc) is 3.21. The first-order valence-electron chi connectivity index (χ1n) is 6.87. The third-order valence-electron chi connectivity index (χ3n) is 3.46. The van der Waals surface area contributed by atoms with Gasteiger partial charge in [0.05, 0.1) is 22.9 Å². The molecule has 112 valence electrons. The van der Waals surface area contributed by atoms with Crippen LogP contribution in [0.15, 0.2) is 41.9 Å². The number of thiophene rings is 1. The summed E-state index contributed by atoms with van der Waals surface area (Å²) in [5.74, 6) is -0.148. The van der Waals surface area contributed by atoms with Gasteiger partial charge in [-0.15, -0.1) is 22.7 Å². The second-order valence-corrected chi connectivity index (χ2v) is 6.86. The van der Waals surface area contributed by atoms with Gasteiger partial charge in [0.25, 0.3) is 5.91 Å². The van der Waals surface area contributed by atoms with Crippen molar-refractivity contribution in [3.63, 3.8) is 0 Å². The molecule has 0 aliphatic heterocycles. The number of carbonyl (C=O) groups excluding carboxylic acids is 1. The number of hydrogen-bond acceptors (Lipinski definition) is 5. The molecule has 0 atom stereocenters. The summed E-state index contributed by atoms with van der Waals surface area (Å²) in [5, 5.41) is 13.5. The minimum atomic E-state index is -0.148. The number of nitriles is 1. The summed E-state index contributed by atoms with van der Waals surface area (Å²) in [6.45, 7) is 0. The van der Waals surface area contributed by atoms with E-state index in [9.17, 15) is 4.79 Å². The fourth-order valence-corrected chi connectivity index (χ4v) is 4.04. The molecule has 1 N–H and O–H groups in total. The Balaban J connectivity index is 1.58. The van der Waals surface area contributed by atoms with E-state index < -0.39 is 0 Å². The second-order valence-electron chi connectivity index (χ2n) is 4.95. The van der Waals surface area contributed by atoms with E-state index in [1.165, 1.54) is 11.3 Å². The van der Waals surface area contributed by atoms with Gasteiger partial charge in [0.15, 0.2) is 4.96 Å². The van der Waals surface area contributed by atoms with Crippen LogP contribution < -0.4 is 5.32 Å².